The first-order valence-corrected chi connectivity index (χ1v) is 7.41. The van der Waals surface area contributed by atoms with E-state index < -0.39 is 0 Å². The number of hydrogen-bond acceptors (Lipinski definition) is 4. The van der Waals surface area contributed by atoms with E-state index in [9.17, 15) is 4.79 Å². The highest BCUT2D eigenvalue weighted by Gasteiger charge is 2.10. The van der Waals surface area contributed by atoms with E-state index in [2.05, 4.69) is 10.3 Å². The highest BCUT2D eigenvalue weighted by molar-refractivity contribution is 5.87. The normalized spacial score (nSPS) is 12.0. The van der Waals surface area contributed by atoms with Gasteiger partial charge in [0, 0.05) is 23.2 Å². The van der Waals surface area contributed by atoms with Crippen LogP contribution in [0.1, 0.15) is 26.0 Å². The van der Waals surface area contributed by atoms with Crippen LogP contribution in [0.2, 0.25) is 0 Å². The molecule has 0 aliphatic heterocycles. The van der Waals surface area contributed by atoms with Crippen LogP contribution in [0.25, 0.3) is 10.9 Å². The number of hydrogen-bond donors (Lipinski definition) is 1. The lowest BCUT2D eigenvalue weighted by Gasteiger charge is -2.14. The summed E-state index contributed by atoms with van der Waals surface area (Å²) in [5, 5.41) is 3.72. The summed E-state index contributed by atoms with van der Waals surface area (Å²) in [6, 6.07) is 7.58. The van der Waals surface area contributed by atoms with Gasteiger partial charge in [0.05, 0.1) is 12.6 Å². The van der Waals surface area contributed by atoms with Crippen molar-refractivity contribution >= 4 is 16.8 Å². The third kappa shape index (κ3) is 3.87. The molecule has 0 bridgehead atoms. The van der Waals surface area contributed by atoms with Crippen LogP contribution >= 0.6 is 0 Å². The maximum atomic E-state index is 11.9. The number of nitrogens with zero attached hydrogens (tertiary/aromatic N) is 1. The van der Waals surface area contributed by atoms with Crippen LogP contribution in [0.15, 0.2) is 24.3 Å². The van der Waals surface area contributed by atoms with E-state index in [0.29, 0.717) is 5.75 Å². The van der Waals surface area contributed by atoms with E-state index in [1.165, 1.54) is 0 Å². The smallest absolute Gasteiger partial charge is 0.258 e. The van der Waals surface area contributed by atoms with Gasteiger partial charge >= 0.3 is 0 Å². The lowest BCUT2D eigenvalue weighted by atomic mass is 10.1. The Hall–Kier alpha value is -2.30. The molecular weight excluding hydrogens is 280 g/mol. The topological polar surface area (TPSA) is 60.5 Å². The summed E-state index contributed by atoms with van der Waals surface area (Å²) < 4.78 is 10.9. The lowest BCUT2D eigenvalue weighted by Crippen LogP contribution is -2.35. The van der Waals surface area contributed by atoms with Crippen LogP contribution in [-0.4, -0.2) is 30.6 Å². The number of aryl methyl sites for hydroxylation is 1. The predicted molar refractivity (Wildman–Crippen MR) is 86.4 cm³/mol. The average Bonchev–Trinajstić information content (AvgIpc) is 2.51. The van der Waals surface area contributed by atoms with E-state index in [1.807, 2.05) is 45.0 Å². The van der Waals surface area contributed by atoms with Crippen molar-refractivity contribution in [3.05, 3.63) is 30.0 Å². The number of carbonyl (C=O) groups is 1. The zero-order chi connectivity index (χ0) is 16.1. The molecule has 22 heavy (non-hydrogen) atoms. The van der Waals surface area contributed by atoms with Gasteiger partial charge in [0.1, 0.15) is 11.5 Å². The zero-order valence-electron chi connectivity index (χ0n) is 13.5. The minimum absolute atomic E-state index is 0.0138. The van der Waals surface area contributed by atoms with Gasteiger partial charge in [-0.05, 0) is 38.5 Å². The zero-order valence-corrected chi connectivity index (χ0v) is 13.5. The summed E-state index contributed by atoms with van der Waals surface area (Å²) in [6.07, 6.45) is 0.889. The van der Waals surface area contributed by atoms with Gasteiger partial charge in [-0.15, -0.1) is 0 Å². The van der Waals surface area contributed by atoms with E-state index in [4.69, 9.17) is 9.47 Å². The Morgan fingerprint density at radius 3 is 2.82 bits per heavy atom. The number of rotatable bonds is 6. The highest BCUT2D eigenvalue weighted by atomic mass is 16.5. The van der Waals surface area contributed by atoms with E-state index >= 15 is 0 Å². The number of benzene rings is 1. The number of pyridine rings is 1. The largest absolute Gasteiger partial charge is 0.497 e. The first kappa shape index (κ1) is 16.1. The molecule has 1 heterocycles. The molecule has 0 unspecified atom stereocenters. The van der Waals surface area contributed by atoms with Crippen molar-refractivity contribution < 1.29 is 14.3 Å². The molecule has 1 N–H and O–H groups in total. The van der Waals surface area contributed by atoms with Crippen LogP contribution in [0.3, 0.4) is 0 Å². The molecule has 0 aliphatic carbocycles. The molecule has 5 heteroatoms. The number of nitrogens with one attached hydrogen (secondary N) is 1. The summed E-state index contributed by atoms with van der Waals surface area (Å²) in [5.74, 6) is 1.24. The number of methoxy groups -OCH3 is 1. The quantitative estimate of drug-likeness (QED) is 0.891. The summed E-state index contributed by atoms with van der Waals surface area (Å²) in [6.45, 7) is 5.88. The maximum absolute atomic E-state index is 11.9. The molecule has 0 radical (unpaired) electrons. The molecule has 0 fully saturated rings. The van der Waals surface area contributed by atoms with Crippen molar-refractivity contribution in [3.8, 4) is 11.5 Å². The second-order valence-electron chi connectivity index (χ2n) is 5.31. The van der Waals surface area contributed by atoms with Crippen LogP contribution in [-0.2, 0) is 4.79 Å². The molecule has 0 saturated carbocycles. The second-order valence-corrected chi connectivity index (χ2v) is 5.31. The molecule has 1 amide bonds. The Balaban J connectivity index is 2.20. The van der Waals surface area contributed by atoms with E-state index in [-0.39, 0.29) is 18.6 Å². The number of amides is 1. The molecule has 0 saturated heterocycles. The average molecular weight is 302 g/mol. The molecule has 2 aromatic rings. The molecule has 0 spiro atoms. The van der Waals surface area contributed by atoms with Crippen molar-refractivity contribution in [3.63, 3.8) is 0 Å². The number of aromatic nitrogens is 1. The third-order valence-corrected chi connectivity index (χ3v) is 3.48. The first-order chi connectivity index (χ1) is 10.5. The predicted octanol–water partition coefficient (Wildman–Crippen LogP) is 2.85. The molecule has 0 aliphatic rings. The SMILES string of the molecule is CC[C@@H](C)NC(=O)COc1cc(C)nc2ccc(OC)cc12. The monoisotopic (exact) mass is 302 g/mol. The van der Waals surface area contributed by atoms with Crippen molar-refractivity contribution in [2.75, 3.05) is 13.7 Å². The fourth-order valence-electron chi connectivity index (χ4n) is 2.11. The minimum atomic E-state index is -0.125. The summed E-state index contributed by atoms with van der Waals surface area (Å²) in [5.41, 5.74) is 1.66. The van der Waals surface area contributed by atoms with Gasteiger partial charge in [0.15, 0.2) is 6.61 Å². The van der Waals surface area contributed by atoms with E-state index in [0.717, 1.165) is 28.8 Å². The van der Waals surface area contributed by atoms with Crippen LogP contribution in [0.5, 0.6) is 11.5 Å². The van der Waals surface area contributed by atoms with Crippen LogP contribution in [0.4, 0.5) is 0 Å². The second kappa shape index (κ2) is 7.11. The Kier molecular flexibility index (Phi) is 5.20. The minimum Gasteiger partial charge on any atom is -0.497 e. The highest BCUT2D eigenvalue weighted by Crippen LogP contribution is 2.28. The summed E-state index contributed by atoms with van der Waals surface area (Å²) in [7, 11) is 1.61. The van der Waals surface area contributed by atoms with E-state index in [1.54, 1.807) is 7.11 Å². The number of fused-ring (bicyclic) bond motifs is 1. The molecule has 5 nitrogen and oxygen atoms in total. The number of carbonyl (C=O) groups excluding carboxylic acids is 1. The van der Waals surface area contributed by atoms with Crippen molar-refractivity contribution in [2.45, 2.75) is 33.2 Å². The van der Waals surface area contributed by atoms with Gasteiger partial charge in [-0.3, -0.25) is 9.78 Å². The van der Waals surface area contributed by atoms with Crippen molar-refractivity contribution in [1.29, 1.82) is 0 Å². The van der Waals surface area contributed by atoms with Gasteiger partial charge in [-0.1, -0.05) is 6.92 Å². The van der Waals surface area contributed by atoms with Crippen LogP contribution in [0, 0.1) is 6.92 Å². The summed E-state index contributed by atoms with van der Waals surface area (Å²) in [4.78, 5) is 16.3. The van der Waals surface area contributed by atoms with Gasteiger partial charge < -0.3 is 14.8 Å². The fraction of sp³-hybridized carbons (Fsp3) is 0.412. The Bertz CT molecular complexity index is 670. The third-order valence-electron chi connectivity index (χ3n) is 3.48. The van der Waals surface area contributed by atoms with Gasteiger partial charge in [-0.25, -0.2) is 0 Å². The number of ether oxygens (including phenoxy) is 2. The Labute approximate surface area is 130 Å². The molecular formula is C17H22N2O3. The molecule has 118 valence electrons. The first-order valence-electron chi connectivity index (χ1n) is 7.41. The standard InChI is InChI=1S/C17H22N2O3/c1-5-11(2)19-17(20)10-22-16-8-12(3)18-15-7-6-13(21-4)9-14(15)16/h6-9,11H,5,10H2,1-4H3,(H,19,20)/t11-/m1/s1. The van der Waals surface area contributed by atoms with Crippen LogP contribution < -0.4 is 14.8 Å². The van der Waals surface area contributed by atoms with Gasteiger partial charge in [0.25, 0.3) is 5.91 Å². The Morgan fingerprint density at radius 1 is 1.36 bits per heavy atom. The lowest BCUT2D eigenvalue weighted by molar-refractivity contribution is -0.123. The molecule has 1 aromatic carbocycles. The van der Waals surface area contributed by atoms with Crippen molar-refractivity contribution in [1.82, 2.24) is 10.3 Å². The Morgan fingerprint density at radius 2 is 2.14 bits per heavy atom. The fourth-order valence-corrected chi connectivity index (χ4v) is 2.11. The molecule has 2 rings (SSSR count). The van der Waals surface area contributed by atoms with Gasteiger partial charge in [0.2, 0.25) is 0 Å². The van der Waals surface area contributed by atoms with Crippen molar-refractivity contribution in [2.24, 2.45) is 0 Å². The summed E-state index contributed by atoms with van der Waals surface area (Å²) >= 11 is 0. The maximum Gasteiger partial charge on any atom is 0.258 e. The molecule has 1 aromatic heterocycles. The van der Waals surface area contributed by atoms with Gasteiger partial charge in [-0.2, -0.15) is 0 Å². The molecule has 1 atom stereocenters.